The Balaban J connectivity index is 1.72. The molecule has 4 heteroatoms. The van der Waals surface area contributed by atoms with E-state index in [-0.39, 0.29) is 5.82 Å². The molecule has 2 aliphatic rings. The van der Waals surface area contributed by atoms with Gasteiger partial charge in [0, 0.05) is 12.6 Å². The predicted molar refractivity (Wildman–Crippen MR) is 77.8 cm³/mol. The number of nitrogen functional groups attached to an aromatic ring is 1. The van der Waals surface area contributed by atoms with Crippen molar-refractivity contribution >= 4 is 17.0 Å². The number of nitrogens with zero attached hydrogens (tertiary/aromatic N) is 2. The predicted octanol–water partition coefficient (Wildman–Crippen LogP) is 3.50. The van der Waals surface area contributed by atoms with Crippen molar-refractivity contribution in [1.82, 2.24) is 9.55 Å². The van der Waals surface area contributed by atoms with Crippen molar-refractivity contribution in [3.05, 3.63) is 23.5 Å². The summed E-state index contributed by atoms with van der Waals surface area (Å²) < 4.78 is 15.7. The van der Waals surface area contributed by atoms with Gasteiger partial charge in [-0.25, -0.2) is 9.37 Å². The van der Waals surface area contributed by atoms with Crippen LogP contribution in [0.4, 0.5) is 10.3 Å². The largest absolute Gasteiger partial charge is 0.369 e. The van der Waals surface area contributed by atoms with Gasteiger partial charge in [-0.3, -0.25) is 0 Å². The van der Waals surface area contributed by atoms with Crippen LogP contribution < -0.4 is 5.73 Å². The Morgan fingerprint density at radius 1 is 1.35 bits per heavy atom. The molecule has 106 valence electrons. The third kappa shape index (κ3) is 1.74. The number of halogens is 1. The molecule has 2 aromatic rings. The molecule has 0 amide bonds. The van der Waals surface area contributed by atoms with E-state index >= 15 is 0 Å². The van der Waals surface area contributed by atoms with Crippen molar-refractivity contribution in [2.75, 3.05) is 5.73 Å². The molecule has 2 aliphatic carbocycles. The summed E-state index contributed by atoms with van der Waals surface area (Å²) in [6.07, 6.45) is 5.50. The number of fused-ring (bicyclic) bond motifs is 3. The van der Waals surface area contributed by atoms with E-state index in [1.165, 1.54) is 31.7 Å². The first kappa shape index (κ1) is 12.2. The molecule has 1 aromatic carbocycles. The number of rotatable bonds is 2. The quantitative estimate of drug-likeness (QED) is 0.910. The van der Waals surface area contributed by atoms with E-state index in [4.69, 9.17) is 5.73 Å². The Hall–Kier alpha value is -1.58. The third-order valence-corrected chi connectivity index (χ3v) is 5.36. The molecule has 3 nitrogen and oxygen atoms in total. The van der Waals surface area contributed by atoms with Crippen molar-refractivity contribution < 1.29 is 4.39 Å². The molecular weight excluding hydrogens is 253 g/mol. The van der Waals surface area contributed by atoms with E-state index < -0.39 is 0 Å². The summed E-state index contributed by atoms with van der Waals surface area (Å²) in [5, 5.41) is 0. The molecule has 2 fully saturated rings. The maximum atomic E-state index is 13.6. The normalized spacial score (nSPS) is 28.6. The van der Waals surface area contributed by atoms with Gasteiger partial charge >= 0.3 is 0 Å². The molecule has 3 atom stereocenters. The van der Waals surface area contributed by atoms with Gasteiger partial charge in [-0.1, -0.05) is 6.42 Å². The standard InChI is InChI=1S/C16H20FN3/c1-9-4-15-14(7-13(9)17)19-16(18)20(15)8-12-6-10-2-3-11(12)5-10/h4,7,10-12H,2-3,5-6,8H2,1H3,(H2,18,19). The fraction of sp³-hybridized carbons (Fsp3) is 0.562. The highest BCUT2D eigenvalue weighted by Crippen LogP contribution is 2.49. The summed E-state index contributed by atoms with van der Waals surface area (Å²) in [6, 6.07) is 3.37. The van der Waals surface area contributed by atoms with Crippen LogP contribution in [0.1, 0.15) is 31.2 Å². The number of hydrogen-bond donors (Lipinski definition) is 1. The third-order valence-electron chi connectivity index (χ3n) is 5.36. The average Bonchev–Trinajstić information content (AvgIpc) is 3.08. The van der Waals surface area contributed by atoms with E-state index in [2.05, 4.69) is 9.55 Å². The summed E-state index contributed by atoms with van der Waals surface area (Å²) >= 11 is 0. The lowest BCUT2D eigenvalue weighted by Gasteiger charge is -2.22. The number of nitrogens with two attached hydrogens (primary N) is 1. The molecule has 1 aromatic heterocycles. The van der Waals surface area contributed by atoms with Gasteiger partial charge in [-0.05, 0) is 55.6 Å². The second-order valence-corrected chi connectivity index (χ2v) is 6.61. The zero-order valence-corrected chi connectivity index (χ0v) is 11.8. The van der Waals surface area contributed by atoms with Crippen molar-refractivity contribution in [3.63, 3.8) is 0 Å². The van der Waals surface area contributed by atoms with Crippen LogP contribution in [0.15, 0.2) is 12.1 Å². The Kier molecular flexibility index (Phi) is 2.56. The molecule has 1 heterocycles. The van der Waals surface area contributed by atoms with Crippen LogP contribution in [0.5, 0.6) is 0 Å². The van der Waals surface area contributed by atoms with Crippen molar-refractivity contribution in [2.45, 2.75) is 39.2 Å². The zero-order valence-electron chi connectivity index (χ0n) is 11.8. The van der Waals surface area contributed by atoms with Crippen LogP contribution >= 0.6 is 0 Å². The molecule has 0 aliphatic heterocycles. The van der Waals surface area contributed by atoms with Gasteiger partial charge in [0.05, 0.1) is 11.0 Å². The van der Waals surface area contributed by atoms with Crippen LogP contribution in [0.25, 0.3) is 11.0 Å². The topological polar surface area (TPSA) is 43.8 Å². The Labute approximate surface area is 118 Å². The van der Waals surface area contributed by atoms with Gasteiger partial charge in [0.25, 0.3) is 0 Å². The summed E-state index contributed by atoms with van der Waals surface area (Å²) in [6.45, 7) is 2.73. The van der Waals surface area contributed by atoms with Gasteiger partial charge in [0.2, 0.25) is 5.95 Å². The average molecular weight is 273 g/mol. The van der Waals surface area contributed by atoms with Crippen molar-refractivity contribution in [3.8, 4) is 0 Å². The fourth-order valence-electron chi connectivity index (χ4n) is 4.30. The lowest BCUT2D eigenvalue weighted by molar-refractivity contribution is 0.300. The van der Waals surface area contributed by atoms with E-state index in [9.17, 15) is 4.39 Å². The van der Waals surface area contributed by atoms with Gasteiger partial charge in [-0.15, -0.1) is 0 Å². The molecule has 0 spiro atoms. The van der Waals surface area contributed by atoms with Crippen LogP contribution in [-0.2, 0) is 6.54 Å². The van der Waals surface area contributed by atoms with E-state index in [1.54, 1.807) is 6.92 Å². The maximum Gasteiger partial charge on any atom is 0.201 e. The lowest BCUT2D eigenvalue weighted by Crippen LogP contribution is -2.18. The fourth-order valence-corrected chi connectivity index (χ4v) is 4.30. The highest BCUT2D eigenvalue weighted by atomic mass is 19.1. The monoisotopic (exact) mass is 273 g/mol. The molecule has 2 saturated carbocycles. The summed E-state index contributed by atoms with van der Waals surface area (Å²) in [5.41, 5.74) is 8.37. The minimum Gasteiger partial charge on any atom is -0.369 e. The lowest BCUT2D eigenvalue weighted by atomic mass is 9.89. The molecule has 2 N–H and O–H groups in total. The number of aromatic nitrogens is 2. The molecule has 2 bridgehead atoms. The SMILES string of the molecule is Cc1cc2c(cc1F)nc(N)n2CC1CC2CCC1C2. The smallest absolute Gasteiger partial charge is 0.201 e. The molecule has 0 saturated heterocycles. The minimum absolute atomic E-state index is 0.206. The maximum absolute atomic E-state index is 13.6. The van der Waals surface area contributed by atoms with Crippen LogP contribution in [0, 0.1) is 30.5 Å². The Morgan fingerprint density at radius 2 is 2.20 bits per heavy atom. The van der Waals surface area contributed by atoms with Crippen LogP contribution in [0.2, 0.25) is 0 Å². The first-order chi connectivity index (χ1) is 9.61. The summed E-state index contributed by atoms with van der Waals surface area (Å²) in [7, 11) is 0. The number of imidazole rings is 1. The van der Waals surface area contributed by atoms with E-state index in [1.807, 2.05) is 6.07 Å². The molecular formula is C16H20FN3. The van der Waals surface area contributed by atoms with Crippen molar-refractivity contribution in [2.24, 2.45) is 17.8 Å². The first-order valence-corrected chi connectivity index (χ1v) is 7.53. The van der Waals surface area contributed by atoms with Crippen LogP contribution in [-0.4, -0.2) is 9.55 Å². The Morgan fingerprint density at radius 3 is 2.90 bits per heavy atom. The Bertz CT molecular complexity index is 676. The van der Waals surface area contributed by atoms with Crippen molar-refractivity contribution in [1.29, 1.82) is 0 Å². The highest BCUT2D eigenvalue weighted by Gasteiger charge is 2.39. The second kappa shape index (κ2) is 4.21. The molecule has 0 radical (unpaired) electrons. The second-order valence-electron chi connectivity index (χ2n) is 6.61. The molecule has 3 unspecified atom stereocenters. The van der Waals surface area contributed by atoms with E-state index in [0.717, 1.165) is 29.8 Å². The minimum atomic E-state index is -0.206. The number of hydrogen-bond acceptors (Lipinski definition) is 2. The molecule has 20 heavy (non-hydrogen) atoms. The highest BCUT2D eigenvalue weighted by molar-refractivity contribution is 5.79. The summed E-state index contributed by atoms with van der Waals surface area (Å²) in [5.74, 6) is 2.83. The number of benzene rings is 1. The van der Waals surface area contributed by atoms with Crippen LogP contribution in [0.3, 0.4) is 0 Å². The number of aryl methyl sites for hydroxylation is 1. The van der Waals surface area contributed by atoms with Gasteiger partial charge < -0.3 is 10.3 Å². The van der Waals surface area contributed by atoms with Gasteiger partial charge in [-0.2, -0.15) is 0 Å². The van der Waals surface area contributed by atoms with E-state index in [0.29, 0.717) is 17.0 Å². The number of anilines is 1. The first-order valence-electron chi connectivity index (χ1n) is 7.53. The van der Waals surface area contributed by atoms with Gasteiger partial charge in [0.1, 0.15) is 5.82 Å². The zero-order chi connectivity index (χ0) is 13.9. The van der Waals surface area contributed by atoms with Gasteiger partial charge in [0.15, 0.2) is 0 Å². The molecule has 4 rings (SSSR count). The summed E-state index contributed by atoms with van der Waals surface area (Å²) in [4.78, 5) is 4.32.